The van der Waals surface area contributed by atoms with Gasteiger partial charge in [-0.25, -0.2) is 4.98 Å². The summed E-state index contributed by atoms with van der Waals surface area (Å²) in [6.07, 6.45) is 1.15. The third-order valence-corrected chi connectivity index (χ3v) is 4.55. The van der Waals surface area contributed by atoms with Crippen molar-refractivity contribution in [2.45, 2.75) is 12.5 Å². The number of morpholine rings is 1. The number of rotatable bonds is 3. The Bertz CT molecular complexity index is 535. The number of ether oxygens (including phenoxy) is 1. The standard InChI is InChI=1S/C14H15BrN2OS/c15-11-3-1-10(2-4-11)14-17-12(9-19-14)7-13-8-16-5-6-18-13/h1-4,9,13,16H,5-8H2. The van der Waals surface area contributed by atoms with Gasteiger partial charge in [-0.15, -0.1) is 11.3 Å². The fraction of sp³-hybridized carbons (Fsp3) is 0.357. The molecule has 1 aliphatic rings. The third-order valence-electron chi connectivity index (χ3n) is 3.08. The van der Waals surface area contributed by atoms with Gasteiger partial charge >= 0.3 is 0 Å². The summed E-state index contributed by atoms with van der Waals surface area (Å²) >= 11 is 5.14. The predicted octanol–water partition coefficient (Wildman–Crippen LogP) is 3.10. The number of nitrogens with zero attached hydrogens (tertiary/aromatic N) is 1. The average Bonchev–Trinajstić information content (AvgIpc) is 2.89. The van der Waals surface area contributed by atoms with Gasteiger partial charge in [0.25, 0.3) is 0 Å². The Morgan fingerprint density at radius 1 is 1.37 bits per heavy atom. The maximum Gasteiger partial charge on any atom is 0.123 e. The maximum absolute atomic E-state index is 5.71. The number of benzene rings is 1. The van der Waals surface area contributed by atoms with Crippen LogP contribution < -0.4 is 5.32 Å². The molecular formula is C14H15BrN2OS. The summed E-state index contributed by atoms with van der Waals surface area (Å²) in [4.78, 5) is 4.70. The van der Waals surface area contributed by atoms with Crippen LogP contribution in [0.25, 0.3) is 10.6 Å². The molecule has 3 nitrogen and oxygen atoms in total. The van der Waals surface area contributed by atoms with E-state index < -0.39 is 0 Å². The second-order valence-corrected chi connectivity index (χ2v) is 6.33. The molecule has 1 aromatic carbocycles. The molecule has 0 bridgehead atoms. The molecule has 19 heavy (non-hydrogen) atoms. The SMILES string of the molecule is Brc1ccc(-c2nc(CC3CNCCO3)cs2)cc1. The van der Waals surface area contributed by atoms with Crippen molar-refractivity contribution >= 4 is 27.3 Å². The zero-order valence-corrected chi connectivity index (χ0v) is 12.8. The van der Waals surface area contributed by atoms with Gasteiger partial charge in [0.05, 0.1) is 18.4 Å². The fourth-order valence-electron chi connectivity index (χ4n) is 2.11. The second kappa shape index (κ2) is 6.13. The number of hydrogen-bond donors (Lipinski definition) is 1. The summed E-state index contributed by atoms with van der Waals surface area (Å²) in [6, 6.07) is 8.27. The number of halogens is 1. The van der Waals surface area contributed by atoms with Crippen LogP contribution in [0.4, 0.5) is 0 Å². The Morgan fingerprint density at radius 2 is 2.21 bits per heavy atom. The summed E-state index contributed by atoms with van der Waals surface area (Å²) in [5.41, 5.74) is 2.29. The largest absolute Gasteiger partial charge is 0.375 e. The second-order valence-electron chi connectivity index (χ2n) is 4.55. The molecule has 1 saturated heterocycles. The third kappa shape index (κ3) is 3.42. The van der Waals surface area contributed by atoms with Crippen molar-refractivity contribution < 1.29 is 4.74 Å². The topological polar surface area (TPSA) is 34.2 Å². The first kappa shape index (κ1) is 13.2. The lowest BCUT2D eigenvalue weighted by molar-refractivity contribution is 0.0287. The van der Waals surface area contributed by atoms with Crippen molar-refractivity contribution in [2.24, 2.45) is 0 Å². The molecule has 0 aliphatic carbocycles. The molecule has 1 aliphatic heterocycles. The first-order valence-electron chi connectivity index (χ1n) is 6.34. The summed E-state index contributed by atoms with van der Waals surface area (Å²) in [7, 11) is 0. The lowest BCUT2D eigenvalue weighted by Gasteiger charge is -2.22. The molecular weight excluding hydrogens is 324 g/mol. The van der Waals surface area contributed by atoms with Crippen LogP contribution in [0.2, 0.25) is 0 Å². The molecule has 0 saturated carbocycles. The summed E-state index contributed by atoms with van der Waals surface area (Å²) in [6.45, 7) is 2.68. The molecule has 0 spiro atoms. The molecule has 1 fully saturated rings. The molecule has 1 N–H and O–H groups in total. The van der Waals surface area contributed by atoms with Gasteiger partial charge < -0.3 is 10.1 Å². The Balaban J connectivity index is 1.70. The minimum absolute atomic E-state index is 0.258. The van der Waals surface area contributed by atoms with Gasteiger partial charge in [0.1, 0.15) is 5.01 Å². The summed E-state index contributed by atoms with van der Waals surface area (Å²) < 4.78 is 6.80. The van der Waals surface area contributed by atoms with Gasteiger partial charge in [-0.2, -0.15) is 0 Å². The molecule has 2 aromatic rings. The average molecular weight is 339 g/mol. The van der Waals surface area contributed by atoms with Crippen molar-refractivity contribution in [2.75, 3.05) is 19.7 Å². The van der Waals surface area contributed by atoms with E-state index in [1.165, 1.54) is 5.56 Å². The highest BCUT2D eigenvalue weighted by atomic mass is 79.9. The summed E-state index contributed by atoms with van der Waals surface area (Å²) in [5, 5.41) is 6.55. The minimum atomic E-state index is 0.258. The van der Waals surface area contributed by atoms with E-state index in [0.717, 1.165) is 41.3 Å². The zero-order chi connectivity index (χ0) is 13.1. The normalized spacial score (nSPS) is 19.5. The molecule has 5 heteroatoms. The van der Waals surface area contributed by atoms with Gasteiger partial charge in [-0.05, 0) is 12.1 Å². The monoisotopic (exact) mass is 338 g/mol. The van der Waals surface area contributed by atoms with Crippen molar-refractivity contribution in [1.29, 1.82) is 0 Å². The Labute approximate surface area is 125 Å². The minimum Gasteiger partial charge on any atom is -0.375 e. The van der Waals surface area contributed by atoms with Gasteiger partial charge in [0, 0.05) is 34.9 Å². The van der Waals surface area contributed by atoms with Crippen molar-refractivity contribution in [3.63, 3.8) is 0 Å². The highest BCUT2D eigenvalue weighted by molar-refractivity contribution is 9.10. The van der Waals surface area contributed by atoms with Crippen LogP contribution in [-0.2, 0) is 11.2 Å². The van der Waals surface area contributed by atoms with Crippen LogP contribution in [0.3, 0.4) is 0 Å². The molecule has 0 amide bonds. The van der Waals surface area contributed by atoms with E-state index in [9.17, 15) is 0 Å². The van der Waals surface area contributed by atoms with E-state index in [0.29, 0.717) is 0 Å². The van der Waals surface area contributed by atoms with E-state index in [2.05, 4.69) is 38.8 Å². The Hall–Kier alpha value is -0.750. The van der Waals surface area contributed by atoms with Crippen LogP contribution in [0, 0.1) is 0 Å². The Morgan fingerprint density at radius 3 is 2.95 bits per heavy atom. The van der Waals surface area contributed by atoms with Gasteiger partial charge in [0.2, 0.25) is 0 Å². The molecule has 1 atom stereocenters. The lowest BCUT2D eigenvalue weighted by atomic mass is 10.2. The van der Waals surface area contributed by atoms with E-state index in [1.54, 1.807) is 11.3 Å². The smallest absolute Gasteiger partial charge is 0.123 e. The predicted molar refractivity (Wildman–Crippen MR) is 81.6 cm³/mol. The zero-order valence-electron chi connectivity index (χ0n) is 10.4. The van der Waals surface area contributed by atoms with Gasteiger partial charge in [0.15, 0.2) is 0 Å². The molecule has 3 rings (SSSR count). The van der Waals surface area contributed by atoms with Crippen LogP contribution in [-0.4, -0.2) is 30.8 Å². The van der Waals surface area contributed by atoms with E-state index >= 15 is 0 Å². The van der Waals surface area contributed by atoms with Crippen molar-refractivity contribution in [1.82, 2.24) is 10.3 Å². The summed E-state index contributed by atoms with van der Waals surface area (Å²) in [5.74, 6) is 0. The molecule has 0 radical (unpaired) electrons. The van der Waals surface area contributed by atoms with E-state index in [4.69, 9.17) is 9.72 Å². The Kier molecular flexibility index (Phi) is 4.28. The maximum atomic E-state index is 5.71. The van der Waals surface area contributed by atoms with Crippen molar-refractivity contribution in [3.8, 4) is 10.6 Å². The van der Waals surface area contributed by atoms with Crippen molar-refractivity contribution in [3.05, 3.63) is 39.8 Å². The van der Waals surface area contributed by atoms with Crippen LogP contribution >= 0.6 is 27.3 Å². The highest BCUT2D eigenvalue weighted by Crippen LogP contribution is 2.25. The van der Waals surface area contributed by atoms with Crippen LogP contribution in [0.1, 0.15) is 5.69 Å². The quantitative estimate of drug-likeness (QED) is 0.933. The van der Waals surface area contributed by atoms with Gasteiger partial charge in [-0.1, -0.05) is 28.1 Å². The van der Waals surface area contributed by atoms with Gasteiger partial charge in [-0.3, -0.25) is 0 Å². The highest BCUT2D eigenvalue weighted by Gasteiger charge is 2.15. The number of thiazole rings is 1. The molecule has 1 unspecified atom stereocenters. The van der Waals surface area contributed by atoms with E-state index in [-0.39, 0.29) is 6.10 Å². The number of aromatic nitrogens is 1. The molecule has 100 valence electrons. The van der Waals surface area contributed by atoms with Crippen LogP contribution in [0.15, 0.2) is 34.1 Å². The number of nitrogens with one attached hydrogen (secondary N) is 1. The lowest BCUT2D eigenvalue weighted by Crippen LogP contribution is -2.39. The fourth-order valence-corrected chi connectivity index (χ4v) is 3.21. The molecule has 2 heterocycles. The van der Waals surface area contributed by atoms with Crippen LogP contribution in [0.5, 0.6) is 0 Å². The first-order valence-corrected chi connectivity index (χ1v) is 8.01. The number of hydrogen-bond acceptors (Lipinski definition) is 4. The molecule has 1 aromatic heterocycles. The first-order chi connectivity index (χ1) is 9.31. The van der Waals surface area contributed by atoms with E-state index in [1.807, 2.05) is 12.1 Å².